The highest BCUT2D eigenvalue weighted by Gasteiger charge is 2.23. The molecular weight excluding hydrogens is 496 g/mol. The summed E-state index contributed by atoms with van der Waals surface area (Å²) in [4.78, 5) is 12.6. The van der Waals surface area contributed by atoms with Gasteiger partial charge in [-0.3, -0.25) is 4.90 Å². The first kappa shape index (κ1) is 23.7. The quantitative estimate of drug-likeness (QED) is 0.386. The van der Waals surface area contributed by atoms with Crippen molar-refractivity contribution in [3.05, 3.63) is 62.5 Å². The zero-order valence-electron chi connectivity index (χ0n) is 16.7. The van der Waals surface area contributed by atoms with Crippen molar-refractivity contribution >= 4 is 31.6 Å². The van der Waals surface area contributed by atoms with E-state index in [2.05, 4.69) is 25.6 Å². The molecule has 2 aromatic carbocycles. The molecule has 0 radical (unpaired) electrons. The van der Waals surface area contributed by atoms with Gasteiger partial charge < -0.3 is 0 Å². The summed E-state index contributed by atoms with van der Waals surface area (Å²) in [5.74, 6) is -2.00. The lowest BCUT2D eigenvalue weighted by Gasteiger charge is -2.28. The molecule has 31 heavy (non-hydrogen) atoms. The van der Waals surface area contributed by atoms with E-state index in [0.717, 1.165) is 49.5 Å². The van der Waals surface area contributed by atoms with Crippen LogP contribution in [-0.2, 0) is 23.0 Å². The zero-order valence-corrected chi connectivity index (χ0v) is 19.1. The van der Waals surface area contributed by atoms with E-state index in [1.807, 2.05) is 6.07 Å². The van der Waals surface area contributed by atoms with Crippen molar-refractivity contribution in [2.45, 2.75) is 37.1 Å². The number of unbranched alkanes of at least 4 members (excludes halogenated alkanes) is 2. The number of benzene rings is 2. The van der Waals surface area contributed by atoms with Gasteiger partial charge in [0, 0.05) is 42.3 Å². The topological polar surface area (TPSA) is 89.7 Å². The predicted molar refractivity (Wildman–Crippen MR) is 114 cm³/mol. The maximum Gasteiger partial charge on any atom is 0.316 e. The van der Waals surface area contributed by atoms with Gasteiger partial charge in [-0.1, -0.05) is 12.5 Å². The summed E-state index contributed by atoms with van der Waals surface area (Å²) in [6.07, 6.45) is 3.05. The number of fused-ring (bicyclic) bond motifs is 1. The van der Waals surface area contributed by atoms with E-state index in [1.54, 1.807) is 12.1 Å². The van der Waals surface area contributed by atoms with Gasteiger partial charge in [-0.25, -0.2) is 27.1 Å². The van der Waals surface area contributed by atoms with Gasteiger partial charge in [0.2, 0.25) is 10.0 Å². The van der Waals surface area contributed by atoms with Crippen LogP contribution in [0.25, 0.3) is 0 Å². The standard InChI is InChI=1S/C20H23BrF2N3O4S/c21-18-11-16(22)12-19(23)20(18)31(29,30)24-7-2-1-3-8-25-9-6-14-4-5-17(26(27)28)10-15(14)13-25/h4-5,10-12,24H,1-3,6-9,13H2,(H,27,28)/q+1. The van der Waals surface area contributed by atoms with Crippen LogP contribution in [0.1, 0.15) is 30.4 Å². The Bertz CT molecular complexity index is 1060. The molecule has 0 saturated heterocycles. The molecule has 0 aromatic heterocycles. The van der Waals surface area contributed by atoms with E-state index in [4.69, 9.17) is 5.21 Å². The summed E-state index contributed by atoms with van der Waals surface area (Å²) in [5.41, 5.74) is 2.38. The molecule has 3 rings (SSSR count). The Morgan fingerprint density at radius 1 is 1.13 bits per heavy atom. The van der Waals surface area contributed by atoms with Crippen molar-refractivity contribution in [2.75, 3.05) is 19.6 Å². The molecule has 7 nitrogen and oxygen atoms in total. The summed E-state index contributed by atoms with van der Waals surface area (Å²) in [6.45, 7) is 2.53. The number of rotatable bonds is 9. The Morgan fingerprint density at radius 2 is 1.90 bits per heavy atom. The Balaban J connectivity index is 1.43. The number of halogens is 3. The molecule has 0 atom stereocenters. The van der Waals surface area contributed by atoms with Gasteiger partial charge in [0.15, 0.2) is 0 Å². The molecule has 11 heteroatoms. The van der Waals surface area contributed by atoms with Crippen LogP contribution < -0.4 is 4.72 Å². The van der Waals surface area contributed by atoms with E-state index in [9.17, 15) is 22.1 Å². The molecular formula is C20H23BrF2N3O4S+. The Morgan fingerprint density at radius 3 is 2.61 bits per heavy atom. The fraction of sp³-hybridized carbons (Fsp3) is 0.400. The second-order valence-electron chi connectivity index (χ2n) is 7.41. The van der Waals surface area contributed by atoms with E-state index >= 15 is 0 Å². The SMILES string of the molecule is O=[N+](O)c1ccc2c(c1)CN(CCCCCNS(=O)(=O)c1c(F)cc(F)cc1Br)CC2. The number of hydrogen-bond acceptors (Lipinski definition) is 4. The Hall–Kier alpha value is -1.95. The van der Waals surface area contributed by atoms with E-state index in [0.29, 0.717) is 19.0 Å². The summed E-state index contributed by atoms with van der Waals surface area (Å²) in [7, 11) is -4.09. The maximum absolute atomic E-state index is 13.9. The van der Waals surface area contributed by atoms with Crippen LogP contribution in [-0.4, -0.2) is 43.1 Å². The molecule has 0 fully saturated rings. The third kappa shape index (κ3) is 6.06. The van der Waals surface area contributed by atoms with E-state index < -0.39 is 26.6 Å². The summed E-state index contributed by atoms with van der Waals surface area (Å²) in [5, 5.41) is 9.06. The van der Waals surface area contributed by atoms with Crippen molar-refractivity contribution in [1.29, 1.82) is 0 Å². The van der Waals surface area contributed by atoms with E-state index in [-0.39, 0.29) is 21.6 Å². The highest BCUT2D eigenvalue weighted by Crippen LogP contribution is 2.26. The molecule has 0 bridgehead atoms. The van der Waals surface area contributed by atoms with Crippen LogP contribution in [0.2, 0.25) is 0 Å². The van der Waals surface area contributed by atoms with Crippen molar-refractivity contribution in [3.63, 3.8) is 0 Å². The average molecular weight is 519 g/mol. The van der Waals surface area contributed by atoms with Gasteiger partial charge in [0.25, 0.3) is 4.92 Å². The highest BCUT2D eigenvalue weighted by molar-refractivity contribution is 9.10. The number of hydrogen-bond donors (Lipinski definition) is 2. The lowest BCUT2D eigenvalue weighted by Crippen LogP contribution is -2.31. The van der Waals surface area contributed by atoms with Crippen LogP contribution in [0.3, 0.4) is 0 Å². The van der Waals surface area contributed by atoms with Crippen LogP contribution >= 0.6 is 15.9 Å². The molecule has 0 saturated carbocycles. The monoisotopic (exact) mass is 518 g/mol. The Kier molecular flexibility index (Phi) is 7.73. The third-order valence-corrected chi connectivity index (χ3v) is 7.60. The maximum atomic E-state index is 13.9. The van der Waals surface area contributed by atoms with Crippen molar-refractivity contribution in [2.24, 2.45) is 0 Å². The molecule has 0 amide bonds. The van der Waals surface area contributed by atoms with Crippen LogP contribution in [0.5, 0.6) is 0 Å². The molecule has 0 spiro atoms. The molecule has 2 aromatic rings. The molecule has 1 aliphatic heterocycles. The van der Waals surface area contributed by atoms with Gasteiger partial charge in [-0.05, 0) is 58.9 Å². The van der Waals surface area contributed by atoms with Gasteiger partial charge in [0.05, 0.1) is 4.91 Å². The minimum absolute atomic E-state index is 0.142. The van der Waals surface area contributed by atoms with Gasteiger partial charge in [-0.2, -0.15) is 0 Å². The smallest absolute Gasteiger partial charge is 0.299 e. The van der Waals surface area contributed by atoms with Gasteiger partial charge >= 0.3 is 5.69 Å². The molecule has 0 aliphatic carbocycles. The van der Waals surface area contributed by atoms with Crippen molar-refractivity contribution in [1.82, 2.24) is 9.62 Å². The minimum Gasteiger partial charge on any atom is -0.299 e. The molecule has 1 aliphatic rings. The average Bonchev–Trinajstić information content (AvgIpc) is 2.68. The van der Waals surface area contributed by atoms with Crippen molar-refractivity contribution in [3.8, 4) is 0 Å². The first-order valence-electron chi connectivity index (χ1n) is 9.82. The Labute approximate surface area is 187 Å². The van der Waals surface area contributed by atoms with Crippen LogP contribution in [0, 0.1) is 16.5 Å². The second kappa shape index (κ2) is 10.1. The van der Waals surface area contributed by atoms with Crippen LogP contribution in [0.15, 0.2) is 39.7 Å². The van der Waals surface area contributed by atoms with Gasteiger partial charge in [0.1, 0.15) is 16.5 Å². The summed E-state index contributed by atoms with van der Waals surface area (Å²) in [6, 6.07) is 6.59. The number of nitrogens with one attached hydrogen (secondary N) is 1. The normalized spacial score (nSPS) is 14.4. The lowest BCUT2D eigenvalue weighted by molar-refractivity contribution is -0.729. The molecule has 0 unspecified atom stereocenters. The number of nitrogens with zero attached hydrogens (tertiary/aromatic N) is 2. The largest absolute Gasteiger partial charge is 0.316 e. The van der Waals surface area contributed by atoms with E-state index in [1.165, 1.54) is 0 Å². The highest BCUT2D eigenvalue weighted by atomic mass is 79.9. The predicted octanol–water partition coefficient (Wildman–Crippen LogP) is 4.03. The first-order chi connectivity index (χ1) is 14.7. The molecule has 168 valence electrons. The molecule has 1 heterocycles. The van der Waals surface area contributed by atoms with Crippen LogP contribution in [0.4, 0.5) is 14.5 Å². The third-order valence-electron chi connectivity index (χ3n) is 5.18. The zero-order chi connectivity index (χ0) is 22.6. The fourth-order valence-corrected chi connectivity index (χ4v) is 5.85. The van der Waals surface area contributed by atoms with Gasteiger partial charge in [-0.15, -0.1) is 0 Å². The second-order valence-corrected chi connectivity index (χ2v) is 9.97. The fourth-order valence-electron chi connectivity index (χ4n) is 3.61. The van der Waals surface area contributed by atoms with Crippen molar-refractivity contribution < 1.29 is 27.3 Å². The molecule has 2 N–H and O–H groups in total. The first-order valence-corrected chi connectivity index (χ1v) is 12.1. The minimum atomic E-state index is -4.09. The lowest BCUT2D eigenvalue weighted by atomic mass is 9.99. The summed E-state index contributed by atoms with van der Waals surface area (Å²) < 4.78 is 53.8. The number of sulfonamides is 1. The summed E-state index contributed by atoms with van der Waals surface area (Å²) >= 11 is 2.90.